The predicted molar refractivity (Wildman–Crippen MR) is 77.8 cm³/mol. The highest BCUT2D eigenvalue weighted by Gasteiger charge is 2.32. The molecule has 0 aromatic heterocycles. The largest absolute Gasteiger partial charge is 0.388 e. The number of nitrogens with zero attached hydrogens (tertiary/aromatic N) is 1. The van der Waals surface area contributed by atoms with Gasteiger partial charge < -0.3 is 14.7 Å². The Kier molecular flexibility index (Phi) is 4.36. The minimum atomic E-state index is -3.29. The van der Waals surface area contributed by atoms with Gasteiger partial charge in [-0.05, 0) is 12.1 Å². The second-order valence-electron chi connectivity index (χ2n) is 5.43. The summed E-state index contributed by atoms with van der Waals surface area (Å²) < 4.78 is 28.9. The summed E-state index contributed by atoms with van der Waals surface area (Å²) in [6, 6.07) is 6.86. The van der Waals surface area contributed by atoms with Gasteiger partial charge >= 0.3 is 0 Å². The summed E-state index contributed by atoms with van der Waals surface area (Å²) in [7, 11) is -1.48. The molecule has 1 fully saturated rings. The van der Waals surface area contributed by atoms with E-state index >= 15 is 0 Å². The van der Waals surface area contributed by atoms with E-state index in [1.54, 1.807) is 31.3 Å². The highest BCUT2D eigenvalue weighted by molar-refractivity contribution is 7.90. The summed E-state index contributed by atoms with van der Waals surface area (Å²) in [5, 5.41) is 10.5. The Bertz CT molecular complexity index is 564. The van der Waals surface area contributed by atoms with Gasteiger partial charge in [0.15, 0.2) is 9.84 Å². The molecule has 0 saturated carbocycles. The van der Waals surface area contributed by atoms with Gasteiger partial charge in [0.2, 0.25) is 0 Å². The Morgan fingerprint density at radius 1 is 1.30 bits per heavy atom. The van der Waals surface area contributed by atoms with Crippen molar-refractivity contribution in [3.05, 3.63) is 24.3 Å². The number of likely N-dealkylation sites (N-methyl/N-ethyl adjacent to an activating group) is 1. The third-order valence-electron chi connectivity index (χ3n) is 3.63. The molecule has 0 atom stereocenters. The van der Waals surface area contributed by atoms with E-state index in [1.165, 1.54) is 6.26 Å². The molecular weight excluding hydrogens is 278 g/mol. The molecule has 0 spiro atoms. The number of hydrogen-bond donors (Lipinski definition) is 1. The first kappa shape index (κ1) is 15.3. The Balaban J connectivity index is 2.23. The van der Waals surface area contributed by atoms with Crippen LogP contribution in [-0.4, -0.2) is 52.2 Å². The number of para-hydroxylation sites is 1. The van der Waals surface area contributed by atoms with Crippen LogP contribution in [0.15, 0.2) is 29.2 Å². The van der Waals surface area contributed by atoms with Crippen molar-refractivity contribution in [1.82, 2.24) is 0 Å². The number of aliphatic hydroxyl groups is 1. The zero-order chi connectivity index (χ0) is 14.8. The van der Waals surface area contributed by atoms with Crippen LogP contribution < -0.4 is 4.90 Å². The van der Waals surface area contributed by atoms with Crippen molar-refractivity contribution in [2.24, 2.45) is 0 Å². The highest BCUT2D eigenvalue weighted by atomic mass is 32.2. The van der Waals surface area contributed by atoms with Gasteiger partial charge in [-0.15, -0.1) is 0 Å². The number of ether oxygens (including phenoxy) is 1. The Labute approximate surface area is 120 Å². The zero-order valence-electron chi connectivity index (χ0n) is 11.9. The van der Waals surface area contributed by atoms with E-state index in [2.05, 4.69) is 0 Å². The van der Waals surface area contributed by atoms with Gasteiger partial charge in [0.1, 0.15) is 0 Å². The highest BCUT2D eigenvalue weighted by Crippen LogP contribution is 2.28. The van der Waals surface area contributed by atoms with Crippen LogP contribution in [0.1, 0.15) is 12.8 Å². The van der Waals surface area contributed by atoms with E-state index in [0.717, 1.165) is 0 Å². The van der Waals surface area contributed by atoms with Gasteiger partial charge in [0, 0.05) is 45.9 Å². The summed E-state index contributed by atoms with van der Waals surface area (Å²) in [6.45, 7) is 1.47. The molecule has 1 aromatic carbocycles. The van der Waals surface area contributed by atoms with Crippen LogP contribution >= 0.6 is 0 Å². The molecule has 2 rings (SSSR count). The van der Waals surface area contributed by atoms with E-state index in [4.69, 9.17) is 4.74 Å². The molecule has 1 saturated heterocycles. The van der Waals surface area contributed by atoms with Gasteiger partial charge in [0.05, 0.1) is 16.2 Å². The van der Waals surface area contributed by atoms with Crippen LogP contribution in [0.3, 0.4) is 0 Å². The Morgan fingerprint density at radius 3 is 2.50 bits per heavy atom. The lowest BCUT2D eigenvalue weighted by molar-refractivity contribution is -0.0573. The molecule has 6 heteroatoms. The van der Waals surface area contributed by atoms with Crippen LogP contribution in [0.4, 0.5) is 5.69 Å². The summed E-state index contributed by atoms with van der Waals surface area (Å²) in [5.41, 5.74) is -0.202. The van der Waals surface area contributed by atoms with Crippen LogP contribution in [-0.2, 0) is 14.6 Å². The summed E-state index contributed by atoms with van der Waals surface area (Å²) in [4.78, 5) is 2.10. The molecule has 1 aliphatic heterocycles. The summed E-state index contributed by atoms with van der Waals surface area (Å²) in [5.74, 6) is 0. The maximum Gasteiger partial charge on any atom is 0.177 e. The molecule has 0 radical (unpaired) electrons. The SMILES string of the molecule is CN(CC1(O)CCOCC1)c1ccccc1S(C)(=O)=O. The van der Waals surface area contributed by atoms with E-state index < -0.39 is 15.4 Å². The first-order valence-electron chi connectivity index (χ1n) is 6.62. The average Bonchev–Trinajstić information content (AvgIpc) is 2.38. The van der Waals surface area contributed by atoms with Gasteiger partial charge in [-0.3, -0.25) is 0 Å². The number of hydrogen-bond acceptors (Lipinski definition) is 5. The number of benzene rings is 1. The molecular formula is C14H21NO4S. The maximum atomic E-state index is 11.8. The molecule has 20 heavy (non-hydrogen) atoms. The number of sulfone groups is 1. The molecule has 0 bridgehead atoms. The lowest BCUT2D eigenvalue weighted by atomic mass is 9.94. The van der Waals surface area contributed by atoms with Crippen molar-refractivity contribution in [3.63, 3.8) is 0 Å². The van der Waals surface area contributed by atoms with E-state index in [0.29, 0.717) is 38.3 Å². The van der Waals surface area contributed by atoms with Crippen molar-refractivity contribution in [2.45, 2.75) is 23.3 Å². The summed E-state index contributed by atoms with van der Waals surface area (Å²) in [6.07, 6.45) is 2.33. The predicted octanol–water partition coefficient (Wildman–Crippen LogP) is 1.07. The van der Waals surface area contributed by atoms with Gasteiger partial charge in [-0.1, -0.05) is 12.1 Å². The van der Waals surface area contributed by atoms with Gasteiger partial charge in [-0.25, -0.2) is 8.42 Å². The fourth-order valence-electron chi connectivity index (χ4n) is 2.52. The fourth-order valence-corrected chi connectivity index (χ4v) is 3.45. The van der Waals surface area contributed by atoms with Crippen molar-refractivity contribution >= 4 is 15.5 Å². The molecule has 1 aliphatic rings. The average molecular weight is 299 g/mol. The molecule has 5 nitrogen and oxygen atoms in total. The van der Waals surface area contributed by atoms with Gasteiger partial charge in [-0.2, -0.15) is 0 Å². The first-order chi connectivity index (χ1) is 9.32. The Morgan fingerprint density at radius 2 is 1.90 bits per heavy atom. The van der Waals surface area contributed by atoms with Crippen LogP contribution in [0.25, 0.3) is 0 Å². The molecule has 0 aliphatic carbocycles. The Hall–Kier alpha value is -1.11. The van der Waals surface area contributed by atoms with E-state index in [-0.39, 0.29) is 4.90 Å². The van der Waals surface area contributed by atoms with Crippen molar-refractivity contribution in [1.29, 1.82) is 0 Å². The van der Waals surface area contributed by atoms with Crippen LogP contribution in [0.2, 0.25) is 0 Å². The molecule has 112 valence electrons. The van der Waals surface area contributed by atoms with E-state index in [9.17, 15) is 13.5 Å². The normalized spacial score (nSPS) is 18.8. The molecule has 0 unspecified atom stereocenters. The minimum Gasteiger partial charge on any atom is -0.388 e. The second kappa shape index (κ2) is 5.71. The topological polar surface area (TPSA) is 66.8 Å². The van der Waals surface area contributed by atoms with Crippen molar-refractivity contribution < 1.29 is 18.3 Å². The van der Waals surface area contributed by atoms with Crippen LogP contribution in [0, 0.1) is 0 Å². The molecule has 1 N–H and O–H groups in total. The third kappa shape index (κ3) is 3.50. The van der Waals surface area contributed by atoms with Crippen molar-refractivity contribution in [3.8, 4) is 0 Å². The zero-order valence-corrected chi connectivity index (χ0v) is 12.7. The standard InChI is InChI=1S/C14H21NO4S/c1-15(11-14(16)7-9-19-10-8-14)12-5-3-4-6-13(12)20(2,17)18/h3-6,16H,7-11H2,1-2H3. The lowest BCUT2D eigenvalue weighted by Gasteiger charge is -2.36. The lowest BCUT2D eigenvalue weighted by Crippen LogP contribution is -2.46. The summed E-state index contributed by atoms with van der Waals surface area (Å²) >= 11 is 0. The fraction of sp³-hybridized carbons (Fsp3) is 0.571. The smallest absolute Gasteiger partial charge is 0.177 e. The minimum absolute atomic E-state index is 0.290. The van der Waals surface area contributed by atoms with Crippen molar-refractivity contribution in [2.75, 3.05) is 38.0 Å². The van der Waals surface area contributed by atoms with Crippen LogP contribution in [0.5, 0.6) is 0 Å². The number of anilines is 1. The number of rotatable bonds is 4. The molecule has 1 heterocycles. The first-order valence-corrected chi connectivity index (χ1v) is 8.51. The molecule has 1 aromatic rings. The maximum absolute atomic E-state index is 11.8. The van der Waals surface area contributed by atoms with Gasteiger partial charge in [0.25, 0.3) is 0 Å². The molecule has 0 amide bonds. The monoisotopic (exact) mass is 299 g/mol. The van der Waals surface area contributed by atoms with E-state index in [1.807, 2.05) is 4.90 Å². The second-order valence-corrected chi connectivity index (χ2v) is 7.42. The third-order valence-corrected chi connectivity index (χ3v) is 4.78. The quantitative estimate of drug-likeness (QED) is 0.901.